The smallest absolute Gasteiger partial charge is 0.127 e. The molecule has 0 heterocycles. The van der Waals surface area contributed by atoms with E-state index in [2.05, 4.69) is 43.2 Å². The third-order valence-electron chi connectivity index (χ3n) is 2.35. The molecule has 0 radical (unpaired) electrons. The average molecular weight is 224 g/mol. The molecule has 82 valence electrons. The van der Waals surface area contributed by atoms with Gasteiger partial charge in [0, 0.05) is 0 Å². The standard InChI is InChI=1S/C13H17N.ClH/c1-3-5-11(6-4-2)12-7-9-13(14)10-8-12;/h3-4,7-11H,1-2,5-6,14H2;1H. The lowest BCUT2D eigenvalue weighted by atomic mass is 9.92. The average Bonchev–Trinajstić information content (AvgIpc) is 2.19. The number of benzene rings is 1. The fourth-order valence-corrected chi connectivity index (χ4v) is 1.56. The van der Waals surface area contributed by atoms with Crippen LogP contribution in [-0.2, 0) is 0 Å². The third kappa shape index (κ3) is 4.32. The minimum Gasteiger partial charge on any atom is -1.00 e. The summed E-state index contributed by atoms with van der Waals surface area (Å²) in [6.45, 7) is 7.56. The molecule has 15 heavy (non-hydrogen) atoms. The summed E-state index contributed by atoms with van der Waals surface area (Å²) < 4.78 is 0. The Morgan fingerprint density at radius 3 is 1.93 bits per heavy atom. The van der Waals surface area contributed by atoms with Crippen molar-refractivity contribution >= 4 is 5.69 Å². The van der Waals surface area contributed by atoms with E-state index in [1.54, 1.807) is 0 Å². The first kappa shape index (κ1) is 13.9. The van der Waals surface area contributed by atoms with Gasteiger partial charge in [0.05, 0.1) is 0 Å². The zero-order chi connectivity index (χ0) is 10.4. The second-order valence-corrected chi connectivity index (χ2v) is 3.49. The highest BCUT2D eigenvalue weighted by atomic mass is 35.5. The summed E-state index contributed by atoms with van der Waals surface area (Å²) in [5, 5.41) is 0. The van der Waals surface area contributed by atoms with Crippen LogP contribution in [0, 0.1) is 0 Å². The SMILES string of the molecule is C=CCC(CC=C)c1ccc([NH3+])cc1.[Cl-]. The van der Waals surface area contributed by atoms with Crippen LogP contribution in [0.25, 0.3) is 0 Å². The van der Waals surface area contributed by atoms with Gasteiger partial charge in [-0.1, -0.05) is 24.3 Å². The van der Waals surface area contributed by atoms with Crippen molar-refractivity contribution in [3.8, 4) is 0 Å². The minimum absolute atomic E-state index is 0. The summed E-state index contributed by atoms with van der Waals surface area (Å²) in [5.41, 5.74) is 6.28. The van der Waals surface area contributed by atoms with E-state index in [1.165, 1.54) is 5.56 Å². The lowest BCUT2D eigenvalue weighted by Crippen LogP contribution is -3.00. The van der Waals surface area contributed by atoms with Gasteiger partial charge in [0.15, 0.2) is 0 Å². The molecule has 0 amide bonds. The number of hydrogen-bond acceptors (Lipinski definition) is 0. The minimum atomic E-state index is 0. The molecule has 0 aromatic heterocycles. The Morgan fingerprint density at radius 2 is 1.53 bits per heavy atom. The summed E-state index contributed by atoms with van der Waals surface area (Å²) in [6, 6.07) is 8.38. The molecule has 0 saturated carbocycles. The molecular weight excluding hydrogens is 206 g/mol. The van der Waals surface area contributed by atoms with Crippen LogP contribution in [0.4, 0.5) is 5.69 Å². The zero-order valence-corrected chi connectivity index (χ0v) is 9.71. The van der Waals surface area contributed by atoms with Gasteiger partial charge in [-0.3, -0.25) is 0 Å². The lowest BCUT2D eigenvalue weighted by Gasteiger charge is -2.12. The van der Waals surface area contributed by atoms with Gasteiger partial charge < -0.3 is 18.1 Å². The van der Waals surface area contributed by atoms with Crippen molar-refractivity contribution in [3.63, 3.8) is 0 Å². The van der Waals surface area contributed by atoms with E-state index in [0.29, 0.717) is 5.92 Å². The molecule has 3 N–H and O–H groups in total. The van der Waals surface area contributed by atoms with E-state index >= 15 is 0 Å². The topological polar surface area (TPSA) is 27.6 Å². The second-order valence-electron chi connectivity index (χ2n) is 3.49. The largest absolute Gasteiger partial charge is 1.00 e. The van der Waals surface area contributed by atoms with Gasteiger partial charge in [0.25, 0.3) is 0 Å². The van der Waals surface area contributed by atoms with Gasteiger partial charge in [-0.05, 0) is 36.5 Å². The van der Waals surface area contributed by atoms with Crippen molar-refractivity contribution in [1.29, 1.82) is 0 Å². The normalized spacial score (nSPS) is 9.47. The van der Waals surface area contributed by atoms with Crippen molar-refractivity contribution in [3.05, 3.63) is 55.1 Å². The highest BCUT2D eigenvalue weighted by Crippen LogP contribution is 2.24. The van der Waals surface area contributed by atoms with Crippen molar-refractivity contribution in [2.75, 3.05) is 0 Å². The Morgan fingerprint density at radius 1 is 1.07 bits per heavy atom. The van der Waals surface area contributed by atoms with Gasteiger partial charge in [-0.15, -0.1) is 13.2 Å². The van der Waals surface area contributed by atoms with Crippen molar-refractivity contribution in [1.82, 2.24) is 0 Å². The van der Waals surface area contributed by atoms with E-state index in [1.807, 2.05) is 12.2 Å². The van der Waals surface area contributed by atoms with E-state index in [4.69, 9.17) is 0 Å². The molecule has 0 spiro atoms. The first-order valence-electron chi connectivity index (χ1n) is 4.91. The van der Waals surface area contributed by atoms with Gasteiger partial charge in [-0.25, -0.2) is 0 Å². The van der Waals surface area contributed by atoms with E-state index in [9.17, 15) is 0 Å². The van der Waals surface area contributed by atoms with E-state index < -0.39 is 0 Å². The van der Waals surface area contributed by atoms with Crippen LogP contribution in [0.15, 0.2) is 49.6 Å². The Hall–Kier alpha value is -1.05. The molecule has 0 unspecified atom stereocenters. The molecule has 0 saturated heterocycles. The fraction of sp³-hybridized carbons (Fsp3) is 0.231. The number of halogens is 1. The molecule has 0 fully saturated rings. The molecule has 0 atom stereocenters. The van der Waals surface area contributed by atoms with Gasteiger partial charge in [0.2, 0.25) is 0 Å². The molecule has 1 rings (SSSR count). The number of rotatable bonds is 5. The van der Waals surface area contributed by atoms with Crippen LogP contribution < -0.4 is 18.1 Å². The summed E-state index contributed by atoms with van der Waals surface area (Å²) in [7, 11) is 0. The Labute approximate surface area is 98.1 Å². The van der Waals surface area contributed by atoms with E-state index in [0.717, 1.165) is 18.5 Å². The van der Waals surface area contributed by atoms with Crippen molar-refractivity contribution in [2.24, 2.45) is 0 Å². The summed E-state index contributed by atoms with van der Waals surface area (Å²) in [5.74, 6) is 0.519. The van der Waals surface area contributed by atoms with Crippen molar-refractivity contribution in [2.45, 2.75) is 18.8 Å². The molecule has 0 bridgehead atoms. The first-order chi connectivity index (χ1) is 6.77. The monoisotopic (exact) mass is 223 g/mol. The molecule has 0 aliphatic rings. The van der Waals surface area contributed by atoms with Crippen LogP contribution in [0.3, 0.4) is 0 Å². The predicted octanol–water partition coefficient (Wildman–Crippen LogP) is -0.200. The van der Waals surface area contributed by atoms with Crippen LogP contribution in [0.5, 0.6) is 0 Å². The number of allylic oxidation sites excluding steroid dienone is 2. The molecule has 1 nitrogen and oxygen atoms in total. The maximum absolute atomic E-state index is 3.87. The summed E-state index contributed by atoms with van der Waals surface area (Å²) in [4.78, 5) is 0. The zero-order valence-electron chi connectivity index (χ0n) is 8.95. The van der Waals surface area contributed by atoms with Crippen LogP contribution >= 0.6 is 0 Å². The highest BCUT2D eigenvalue weighted by molar-refractivity contribution is 5.33. The summed E-state index contributed by atoms with van der Waals surface area (Å²) in [6.07, 6.45) is 5.93. The summed E-state index contributed by atoms with van der Waals surface area (Å²) >= 11 is 0. The molecule has 0 aliphatic carbocycles. The quantitative estimate of drug-likeness (QED) is 0.670. The van der Waals surface area contributed by atoms with Gasteiger partial charge in [-0.2, -0.15) is 0 Å². The molecule has 1 aromatic carbocycles. The Kier molecular flexibility index (Phi) is 6.76. The third-order valence-corrected chi connectivity index (χ3v) is 2.35. The molecular formula is C13H18ClN. The number of quaternary nitrogens is 1. The van der Waals surface area contributed by atoms with Crippen molar-refractivity contribution < 1.29 is 18.1 Å². The maximum Gasteiger partial charge on any atom is 0.127 e. The molecule has 1 aromatic rings. The highest BCUT2D eigenvalue weighted by Gasteiger charge is 2.07. The lowest BCUT2D eigenvalue weighted by molar-refractivity contribution is -0.254. The maximum atomic E-state index is 3.87. The van der Waals surface area contributed by atoms with Crippen LogP contribution in [0.2, 0.25) is 0 Å². The Balaban J connectivity index is 0.00000196. The first-order valence-corrected chi connectivity index (χ1v) is 4.91. The van der Waals surface area contributed by atoms with Crippen LogP contribution in [-0.4, -0.2) is 0 Å². The molecule has 2 heteroatoms. The fourth-order valence-electron chi connectivity index (χ4n) is 1.56. The molecule has 0 aliphatic heterocycles. The van der Waals surface area contributed by atoms with Gasteiger partial charge >= 0.3 is 0 Å². The van der Waals surface area contributed by atoms with Crippen LogP contribution in [0.1, 0.15) is 24.3 Å². The van der Waals surface area contributed by atoms with E-state index in [-0.39, 0.29) is 12.4 Å². The van der Waals surface area contributed by atoms with Gasteiger partial charge in [0.1, 0.15) is 5.69 Å². The Bertz CT molecular complexity index is 293. The number of hydrogen-bond donors (Lipinski definition) is 1. The second kappa shape index (κ2) is 7.27. The predicted molar refractivity (Wildman–Crippen MR) is 61.4 cm³/mol.